The summed E-state index contributed by atoms with van der Waals surface area (Å²) in [6.45, 7) is 25.1. The van der Waals surface area contributed by atoms with Crippen molar-refractivity contribution in [1.82, 2.24) is 15.3 Å². The average Bonchev–Trinajstić information content (AvgIpc) is 2.79. The van der Waals surface area contributed by atoms with Gasteiger partial charge >= 0.3 is 0 Å². The van der Waals surface area contributed by atoms with Crippen molar-refractivity contribution in [1.29, 1.82) is 10.8 Å². The molecule has 1 aromatic heterocycles. The molecule has 206 valence electrons. The molecule has 0 spiro atoms. The summed E-state index contributed by atoms with van der Waals surface area (Å²) >= 11 is 0. The van der Waals surface area contributed by atoms with E-state index in [2.05, 4.69) is 44.6 Å². The number of hydrogen-bond donors (Lipinski definition) is 3. The Morgan fingerprint density at radius 3 is 2.26 bits per heavy atom. The lowest BCUT2D eigenvalue weighted by atomic mass is 9.74. The second-order valence-corrected chi connectivity index (χ2v) is 11.8. The third-order valence-corrected chi connectivity index (χ3v) is 6.54. The van der Waals surface area contributed by atoms with Crippen LogP contribution < -0.4 is 5.32 Å². The highest BCUT2D eigenvalue weighted by Crippen LogP contribution is 2.34. The molecule has 3 N–H and O–H groups in total. The Morgan fingerprint density at radius 2 is 1.71 bits per heavy atom. The van der Waals surface area contributed by atoms with Gasteiger partial charge in [0.1, 0.15) is 0 Å². The second kappa shape index (κ2) is 12.6. The van der Waals surface area contributed by atoms with Gasteiger partial charge in [0.05, 0.1) is 22.8 Å². The van der Waals surface area contributed by atoms with Gasteiger partial charge in [0.2, 0.25) is 0 Å². The van der Waals surface area contributed by atoms with E-state index in [1.807, 2.05) is 64.9 Å². The standard InChI is InChI=1S/C30H42N6.C2H6/c1-19(2)18-36-22(5)20(3)13-27(34-36)24-12-21(4)28(33-17-24)26(32)11-10-25(31)14-23-15-29(6,7)35-30(8,9)16-23;1-2/h10-13,17-18,23,31-32,35H,5,14-16H2,1-4,6-9H3;1-2H3/b11-10-,31-25?,32-26?;. The van der Waals surface area contributed by atoms with E-state index in [9.17, 15) is 0 Å². The Bertz CT molecular complexity index is 1170. The Kier molecular flexibility index (Phi) is 10.3. The molecule has 0 radical (unpaired) electrons. The predicted octanol–water partition coefficient (Wildman–Crippen LogP) is 7.71. The summed E-state index contributed by atoms with van der Waals surface area (Å²) < 4.78 is 0. The van der Waals surface area contributed by atoms with Crippen LogP contribution >= 0.6 is 0 Å². The molecule has 3 heterocycles. The van der Waals surface area contributed by atoms with Gasteiger partial charge in [0, 0.05) is 34.7 Å². The van der Waals surface area contributed by atoms with E-state index in [1.54, 1.807) is 18.3 Å². The average molecular weight is 517 g/mol. The molecular formula is C32H48N6. The van der Waals surface area contributed by atoms with Gasteiger partial charge in [-0.15, -0.1) is 0 Å². The summed E-state index contributed by atoms with van der Waals surface area (Å²) in [7, 11) is 0. The van der Waals surface area contributed by atoms with Gasteiger partial charge < -0.3 is 10.7 Å². The molecule has 6 heteroatoms. The van der Waals surface area contributed by atoms with Crippen LogP contribution in [0, 0.1) is 23.7 Å². The number of aromatic nitrogens is 1. The zero-order chi connectivity index (χ0) is 28.8. The monoisotopic (exact) mass is 516 g/mol. The van der Waals surface area contributed by atoms with Crippen LogP contribution in [-0.4, -0.2) is 38.2 Å². The van der Waals surface area contributed by atoms with E-state index in [0.717, 1.165) is 52.9 Å². The molecule has 1 aromatic rings. The first kappa shape index (κ1) is 31.1. The Balaban J connectivity index is 0.00000247. The smallest absolute Gasteiger partial charge is 0.0931 e. The van der Waals surface area contributed by atoms with Crippen LogP contribution in [0.25, 0.3) is 0 Å². The first-order chi connectivity index (χ1) is 17.7. The lowest BCUT2D eigenvalue weighted by molar-refractivity contribution is 0.132. The summed E-state index contributed by atoms with van der Waals surface area (Å²) in [6.07, 6.45) is 12.0. The number of hydrogen-bond acceptors (Lipinski definition) is 6. The summed E-state index contributed by atoms with van der Waals surface area (Å²) in [5.74, 6) is 0.455. The minimum Gasteiger partial charge on any atom is -0.307 e. The highest BCUT2D eigenvalue weighted by atomic mass is 15.5. The number of nitrogens with zero attached hydrogens (tertiary/aromatic N) is 3. The van der Waals surface area contributed by atoms with E-state index < -0.39 is 0 Å². The number of rotatable bonds is 7. The Morgan fingerprint density at radius 1 is 1.11 bits per heavy atom. The normalized spacial score (nSPS) is 18.8. The van der Waals surface area contributed by atoms with Crippen LogP contribution in [0.4, 0.5) is 0 Å². The highest BCUT2D eigenvalue weighted by Gasteiger charge is 2.37. The molecule has 0 atom stereocenters. The number of aryl methyl sites for hydroxylation is 1. The van der Waals surface area contributed by atoms with Crippen LogP contribution in [0.3, 0.4) is 0 Å². The molecule has 0 aliphatic carbocycles. The fourth-order valence-electron chi connectivity index (χ4n) is 5.48. The number of pyridine rings is 1. The highest BCUT2D eigenvalue weighted by molar-refractivity contribution is 6.12. The van der Waals surface area contributed by atoms with Crippen molar-refractivity contribution >= 4 is 17.1 Å². The largest absolute Gasteiger partial charge is 0.307 e. The molecule has 0 amide bonds. The van der Waals surface area contributed by atoms with E-state index in [4.69, 9.17) is 15.9 Å². The second-order valence-electron chi connectivity index (χ2n) is 11.8. The molecule has 3 rings (SSSR count). The maximum Gasteiger partial charge on any atom is 0.0931 e. The van der Waals surface area contributed by atoms with Crippen LogP contribution in [0.5, 0.6) is 0 Å². The molecule has 0 saturated carbocycles. The molecule has 0 aromatic carbocycles. The molecule has 2 aliphatic rings. The first-order valence-electron chi connectivity index (χ1n) is 13.7. The van der Waals surface area contributed by atoms with Crippen LogP contribution in [0.2, 0.25) is 0 Å². The maximum atomic E-state index is 8.57. The van der Waals surface area contributed by atoms with Crippen molar-refractivity contribution in [2.75, 3.05) is 0 Å². The van der Waals surface area contributed by atoms with Crippen molar-refractivity contribution in [2.24, 2.45) is 11.0 Å². The number of allylic oxidation sites excluding steroid dienone is 5. The van der Waals surface area contributed by atoms with Gasteiger partial charge in [-0.05, 0) is 116 Å². The van der Waals surface area contributed by atoms with Gasteiger partial charge in [-0.2, -0.15) is 5.10 Å². The summed E-state index contributed by atoms with van der Waals surface area (Å²) in [5, 5.41) is 27.3. The number of hydrazone groups is 1. The van der Waals surface area contributed by atoms with Gasteiger partial charge in [0.25, 0.3) is 0 Å². The van der Waals surface area contributed by atoms with E-state index in [1.165, 1.54) is 0 Å². The molecular weight excluding hydrogens is 468 g/mol. The Labute approximate surface area is 230 Å². The predicted molar refractivity (Wildman–Crippen MR) is 163 cm³/mol. The summed E-state index contributed by atoms with van der Waals surface area (Å²) in [5.41, 5.74) is 7.29. The maximum absolute atomic E-state index is 8.57. The first-order valence-corrected chi connectivity index (χ1v) is 13.7. The Hall–Kier alpha value is -3.12. The molecule has 1 saturated heterocycles. The SMILES string of the molecule is C=C1C(C)=CC(c2cnc(C(=N)/C=C\C(=N)CC3CC(C)(C)NC(C)(C)C3)c(C)c2)=NN1C=C(C)C.CC. The van der Waals surface area contributed by atoms with Gasteiger partial charge in [-0.25, -0.2) is 5.01 Å². The minimum absolute atomic E-state index is 0.0676. The van der Waals surface area contributed by atoms with E-state index in [0.29, 0.717) is 23.0 Å². The van der Waals surface area contributed by atoms with Crippen molar-refractivity contribution in [3.05, 3.63) is 76.9 Å². The molecule has 38 heavy (non-hydrogen) atoms. The number of nitrogens with one attached hydrogen (secondary N) is 3. The minimum atomic E-state index is 0.0676. The molecule has 1 fully saturated rings. The summed E-state index contributed by atoms with van der Waals surface area (Å²) in [6, 6.07) is 2.02. The van der Waals surface area contributed by atoms with Crippen LogP contribution in [0.15, 0.2) is 65.2 Å². The van der Waals surface area contributed by atoms with Crippen LogP contribution in [-0.2, 0) is 0 Å². The topological polar surface area (TPSA) is 88.2 Å². The zero-order valence-electron chi connectivity index (χ0n) is 25.2. The van der Waals surface area contributed by atoms with Crippen molar-refractivity contribution in [3.63, 3.8) is 0 Å². The quantitative estimate of drug-likeness (QED) is 0.324. The van der Waals surface area contributed by atoms with Gasteiger partial charge in [0.15, 0.2) is 0 Å². The molecule has 6 nitrogen and oxygen atoms in total. The molecule has 2 aliphatic heterocycles. The third kappa shape index (κ3) is 8.45. The molecule has 0 bridgehead atoms. The lowest BCUT2D eigenvalue weighted by Crippen LogP contribution is -2.57. The van der Waals surface area contributed by atoms with Crippen molar-refractivity contribution in [3.8, 4) is 0 Å². The van der Waals surface area contributed by atoms with E-state index >= 15 is 0 Å². The van der Waals surface area contributed by atoms with E-state index in [-0.39, 0.29) is 11.1 Å². The summed E-state index contributed by atoms with van der Waals surface area (Å²) in [4.78, 5) is 4.59. The molecule has 0 unspecified atom stereocenters. The van der Waals surface area contributed by atoms with Crippen molar-refractivity contribution < 1.29 is 0 Å². The third-order valence-electron chi connectivity index (χ3n) is 6.54. The zero-order valence-corrected chi connectivity index (χ0v) is 25.2. The van der Waals surface area contributed by atoms with Gasteiger partial charge in [-0.1, -0.05) is 26.0 Å². The van der Waals surface area contributed by atoms with Crippen molar-refractivity contribution in [2.45, 2.75) is 99.6 Å². The fraction of sp³-hybridized carbons (Fsp3) is 0.500. The van der Waals surface area contributed by atoms with Gasteiger partial charge in [-0.3, -0.25) is 10.4 Å². The fourth-order valence-corrected chi connectivity index (χ4v) is 5.48. The number of piperidine rings is 1. The lowest BCUT2D eigenvalue weighted by Gasteiger charge is -2.46. The van der Waals surface area contributed by atoms with Crippen LogP contribution in [0.1, 0.15) is 98.4 Å².